The number of nitrogens with one attached hydrogen (secondary N) is 1. The molecule has 6 nitrogen and oxygen atoms in total. The third kappa shape index (κ3) is 3.43. The van der Waals surface area contributed by atoms with Gasteiger partial charge in [-0.15, -0.1) is 5.10 Å². The van der Waals surface area contributed by atoms with Crippen molar-refractivity contribution in [3.8, 4) is 17.1 Å². The molecule has 0 aliphatic rings. The molecule has 132 valence electrons. The van der Waals surface area contributed by atoms with Crippen LogP contribution in [-0.2, 0) is 6.42 Å². The maximum absolute atomic E-state index is 12.6. The van der Waals surface area contributed by atoms with Crippen LogP contribution in [0.3, 0.4) is 0 Å². The molecule has 3 rings (SSSR count). The largest absolute Gasteiger partial charge is 0.493 e. The summed E-state index contributed by atoms with van der Waals surface area (Å²) in [5.41, 5.74) is 1.83. The van der Waals surface area contributed by atoms with E-state index in [9.17, 15) is 4.79 Å². The molecular weight excluding hydrogens is 316 g/mol. The SMILES string of the molecule is CCCCCc1nc(C)c2c(=O)[nH]c(-c3ccccc3OCC)nn12. The molecule has 0 saturated heterocycles. The number of ether oxygens (including phenoxy) is 1. The van der Waals surface area contributed by atoms with Crippen molar-refractivity contribution < 1.29 is 4.74 Å². The van der Waals surface area contributed by atoms with Crippen LogP contribution in [-0.4, -0.2) is 26.2 Å². The van der Waals surface area contributed by atoms with E-state index in [4.69, 9.17) is 4.74 Å². The predicted molar refractivity (Wildman–Crippen MR) is 98.2 cm³/mol. The number of imidazole rings is 1. The van der Waals surface area contributed by atoms with Crippen molar-refractivity contribution in [2.45, 2.75) is 46.5 Å². The second-order valence-electron chi connectivity index (χ2n) is 6.06. The smallest absolute Gasteiger partial charge is 0.277 e. The summed E-state index contributed by atoms with van der Waals surface area (Å²) in [4.78, 5) is 20.1. The Kier molecular flexibility index (Phi) is 5.16. The summed E-state index contributed by atoms with van der Waals surface area (Å²) in [6, 6.07) is 7.59. The van der Waals surface area contributed by atoms with Gasteiger partial charge in [-0.05, 0) is 32.4 Å². The van der Waals surface area contributed by atoms with Gasteiger partial charge < -0.3 is 9.72 Å². The summed E-state index contributed by atoms with van der Waals surface area (Å²) >= 11 is 0. The number of benzene rings is 1. The molecule has 6 heteroatoms. The standard InChI is InChI=1S/C19H24N4O2/c1-4-6-7-12-16-20-13(3)17-19(24)21-18(22-23(16)17)14-10-8-9-11-15(14)25-5-2/h8-11H,4-7,12H2,1-3H3,(H,21,22,24). The molecule has 0 unspecified atom stereocenters. The van der Waals surface area contributed by atoms with Crippen molar-refractivity contribution in [3.05, 3.63) is 46.1 Å². The summed E-state index contributed by atoms with van der Waals surface area (Å²) in [5, 5.41) is 4.67. The van der Waals surface area contributed by atoms with E-state index in [0.29, 0.717) is 29.4 Å². The van der Waals surface area contributed by atoms with Gasteiger partial charge in [-0.25, -0.2) is 9.50 Å². The average molecular weight is 340 g/mol. The summed E-state index contributed by atoms with van der Waals surface area (Å²) in [5.74, 6) is 2.04. The number of H-pyrrole nitrogens is 1. The van der Waals surface area contributed by atoms with E-state index in [2.05, 4.69) is 22.0 Å². The second kappa shape index (κ2) is 7.51. The van der Waals surface area contributed by atoms with E-state index < -0.39 is 0 Å². The zero-order valence-corrected chi connectivity index (χ0v) is 15.0. The molecule has 0 aliphatic heterocycles. The van der Waals surface area contributed by atoms with Crippen molar-refractivity contribution in [1.82, 2.24) is 19.6 Å². The highest BCUT2D eigenvalue weighted by Crippen LogP contribution is 2.26. The number of hydrogen-bond acceptors (Lipinski definition) is 4. The fourth-order valence-corrected chi connectivity index (χ4v) is 3.00. The van der Waals surface area contributed by atoms with Crippen LogP contribution in [0.1, 0.15) is 44.6 Å². The van der Waals surface area contributed by atoms with Crippen molar-refractivity contribution in [2.24, 2.45) is 0 Å². The predicted octanol–water partition coefficient (Wildman–Crippen LogP) is 3.52. The van der Waals surface area contributed by atoms with Gasteiger partial charge in [0.25, 0.3) is 5.56 Å². The molecule has 2 heterocycles. The Labute approximate surface area is 146 Å². The molecule has 1 aromatic carbocycles. The molecule has 3 aromatic rings. The van der Waals surface area contributed by atoms with Gasteiger partial charge in [-0.1, -0.05) is 31.9 Å². The number of fused-ring (bicyclic) bond motifs is 1. The Hall–Kier alpha value is -2.63. The quantitative estimate of drug-likeness (QED) is 0.668. The number of hydrogen-bond donors (Lipinski definition) is 1. The van der Waals surface area contributed by atoms with Gasteiger partial charge in [0.2, 0.25) is 0 Å². The summed E-state index contributed by atoms with van der Waals surface area (Å²) in [6.45, 7) is 6.50. The molecule has 0 spiro atoms. The number of rotatable bonds is 7. The van der Waals surface area contributed by atoms with Gasteiger partial charge in [-0.2, -0.15) is 0 Å². The molecule has 0 aliphatic carbocycles. The molecule has 0 fully saturated rings. The molecule has 25 heavy (non-hydrogen) atoms. The number of para-hydroxylation sites is 1. The van der Waals surface area contributed by atoms with Crippen LogP contribution < -0.4 is 10.3 Å². The molecule has 0 radical (unpaired) electrons. The maximum atomic E-state index is 12.6. The average Bonchev–Trinajstić information content (AvgIpc) is 2.92. The van der Waals surface area contributed by atoms with Crippen molar-refractivity contribution in [2.75, 3.05) is 6.61 Å². The van der Waals surface area contributed by atoms with E-state index in [-0.39, 0.29) is 5.56 Å². The topological polar surface area (TPSA) is 72.3 Å². The molecule has 1 N–H and O–H groups in total. The van der Waals surface area contributed by atoms with Crippen LogP contribution in [0.4, 0.5) is 0 Å². The van der Waals surface area contributed by atoms with Crippen molar-refractivity contribution in [3.63, 3.8) is 0 Å². The number of aromatic nitrogens is 4. The normalized spacial score (nSPS) is 11.2. The van der Waals surface area contributed by atoms with Crippen LogP contribution in [0.5, 0.6) is 5.75 Å². The molecule has 2 aromatic heterocycles. The van der Waals surface area contributed by atoms with Crippen LogP contribution >= 0.6 is 0 Å². The molecule has 0 amide bonds. The number of nitrogens with zero attached hydrogens (tertiary/aromatic N) is 3. The van der Waals surface area contributed by atoms with Gasteiger partial charge in [-0.3, -0.25) is 4.79 Å². The third-order valence-electron chi connectivity index (χ3n) is 4.19. The highest BCUT2D eigenvalue weighted by atomic mass is 16.5. The highest BCUT2D eigenvalue weighted by molar-refractivity contribution is 5.64. The van der Waals surface area contributed by atoms with E-state index in [0.717, 1.165) is 37.1 Å². The molecular formula is C19H24N4O2. The van der Waals surface area contributed by atoms with E-state index in [1.165, 1.54) is 0 Å². The Balaban J connectivity index is 2.12. The van der Waals surface area contributed by atoms with Gasteiger partial charge in [0.05, 0.1) is 17.9 Å². The lowest BCUT2D eigenvalue weighted by Gasteiger charge is -2.09. The first-order chi connectivity index (χ1) is 12.2. The Morgan fingerprint density at radius 3 is 2.76 bits per heavy atom. The fourth-order valence-electron chi connectivity index (χ4n) is 3.00. The first-order valence-corrected chi connectivity index (χ1v) is 8.86. The maximum Gasteiger partial charge on any atom is 0.277 e. The highest BCUT2D eigenvalue weighted by Gasteiger charge is 2.16. The zero-order chi connectivity index (χ0) is 17.8. The third-order valence-corrected chi connectivity index (χ3v) is 4.19. The minimum atomic E-state index is -0.178. The van der Waals surface area contributed by atoms with Crippen LogP contribution in [0, 0.1) is 6.92 Å². The van der Waals surface area contributed by atoms with E-state index >= 15 is 0 Å². The van der Waals surface area contributed by atoms with Crippen LogP contribution in [0.15, 0.2) is 29.1 Å². The molecule has 0 saturated carbocycles. The monoisotopic (exact) mass is 340 g/mol. The van der Waals surface area contributed by atoms with Crippen LogP contribution in [0.25, 0.3) is 16.9 Å². The van der Waals surface area contributed by atoms with E-state index in [1.54, 1.807) is 4.52 Å². The minimum absolute atomic E-state index is 0.178. The Bertz CT molecular complexity index is 927. The van der Waals surface area contributed by atoms with Crippen molar-refractivity contribution >= 4 is 5.52 Å². The van der Waals surface area contributed by atoms with Gasteiger partial charge >= 0.3 is 0 Å². The Morgan fingerprint density at radius 2 is 2.00 bits per heavy atom. The number of unbranched alkanes of at least 4 members (excludes halogenated alkanes) is 2. The zero-order valence-electron chi connectivity index (χ0n) is 15.0. The summed E-state index contributed by atoms with van der Waals surface area (Å²) in [7, 11) is 0. The second-order valence-corrected chi connectivity index (χ2v) is 6.06. The molecule has 0 atom stereocenters. The van der Waals surface area contributed by atoms with Gasteiger partial charge in [0, 0.05) is 6.42 Å². The number of aromatic amines is 1. The van der Waals surface area contributed by atoms with E-state index in [1.807, 2.05) is 38.1 Å². The lowest BCUT2D eigenvalue weighted by Crippen LogP contribution is -2.15. The first kappa shape index (κ1) is 17.2. The number of aryl methyl sites for hydroxylation is 2. The lowest BCUT2D eigenvalue weighted by molar-refractivity contribution is 0.341. The van der Waals surface area contributed by atoms with Crippen LogP contribution in [0.2, 0.25) is 0 Å². The van der Waals surface area contributed by atoms with Gasteiger partial charge in [0.15, 0.2) is 11.3 Å². The lowest BCUT2D eigenvalue weighted by atomic mass is 10.2. The van der Waals surface area contributed by atoms with Gasteiger partial charge in [0.1, 0.15) is 11.6 Å². The Morgan fingerprint density at radius 1 is 1.20 bits per heavy atom. The minimum Gasteiger partial charge on any atom is -0.493 e. The fraction of sp³-hybridized carbons (Fsp3) is 0.421. The molecule has 0 bridgehead atoms. The summed E-state index contributed by atoms with van der Waals surface area (Å²) < 4.78 is 7.37. The van der Waals surface area contributed by atoms with Crippen molar-refractivity contribution in [1.29, 1.82) is 0 Å². The summed E-state index contributed by atoms with van der Waals surface area (Å²) in [6.07, 6.45) is 4.13. The first-order valence-electron chi connectivity index (χ1n) is 8.86.